The second-order valence-corrected chi connectivity index (χ2v) is 6.55. The molecule has 0 aromatic rings. The number of guanidine groups is 1. The van der Waals surface area contributed by atoms with Crippen LogP contribution in [0.2, 0.25) is 0 Å². The highest BCUT2D eigenvalue weighted by Gasteiger charge is 2.18. The molecular weight excluding hydrogens is 236 g/mol. The molecule has 0 aliphatic heterocycles. The monoisotopic (exact) mass is 268 g/mol. The molecule has 0 radical (unpaired) electrons. The number of nitrogens with zero attached hydrogens (tertiary/aromatic N) is 2. The van der Waals surface area contributed by atoms with Crippen molar-refractivity contribution >= 4 is 5.96 Å². The van der Waals surface area contributed by atoms with E-state index in [0.717, 1.165) is 31.6 Å². The fraction of sp³-hybridized carbons (Fsp3) is 0.933. The van der Waals surface area contributed by atoms with Gasteiger partial charge in [0, 0.05) is 24.7 Å². The topological polar surface area (TPSA) is 39.7 Å². The minimum absolute atomic E-state index is 0.0539. The summed E-state index contributed by atoms with van der Waals surface area (Å²) in [6.45, 7) is 11.4. The van der Waals surface area contributed by atoms with Gasteiger partial charge in [-0.05, 0) is 47.6 Å². The Labute approximate surface area is 119 Å². The summed E-state index contributed by atoms with van der Waals surface area (Å²) in [6, 6.07) is 0.786. The maximum atomic E-state index is 4.66. The van der Waals surface area contributed by atoms with Gasteiger partial charge in [-0.15, -0.1) is 0 Å². The van der Waals surface area contributed by atoms with Gasteiger partial charge in [0.1, 0.15) is 0 Å². The fourth-order valence-electron chi connectivity index (χ4n) is 2.51. The van der Waals surface area contributed by atoms with Crippen LogP contribution in [0.15, 0.2) is 4.99 Å². The molecule has 2 N–H and O–H groups in total. The standard InChI is InChI=1S/C15H32N4/c1-6-16-14(18-15(2,3)4)17-11-12-19(5)13-9-7-8-10-13/h13H,6-12H2,1-5H3,(H2,16,17,18). The summed E-state index contributed by atoms with van der Waals surface area (Å²) in [6.07, 6.45) is 5.51. The van der Waals surface area contributed by atoms with E-state index in [4.69, 9.17) is 0 Å². The molecule has 0 spiro atoms. The first-order valence-electron chi connectivity index (χ1n) is 7.69. The summed E-state index contributed by atoms with van der Waals surface area (Å²) in [7, 11) is 2.23. The fourth-order valence-corrected chi connectivity index (χ4v) is 2.51. The van der Waals surface area contributed by atoms with Gasteiger partial charge in [0.2, 0.25) is 0 Å². The van der Waals surface area contributed by atoms with Crippen LogP contribution in [-0.2, 0) is 0 Å². The Morgan fingerprint density at radius 1 is 1.26 bits per heavy atom. The summed E-state index contributed by atoms with van der Waals surface area (Å²) in [4.78, 5) is 7.13. The predicted octanol–water partition coefficient (Wildman–Crippen LogP) is 2.21. The summed E-state index contributed by atoms with van der Waals surface area (Å²) in [5, 5.41) is 6.72. The number of hydrogen-bond acceptors (Lipinski definition) is 2. The van der Waals surface area contributed by atoms with Gasteiger partial charge >= 0.3 is 0 Å². The first-order chi connectivity index (χ1) is 8.92. The normalized spacial score (nSPS) is 18.1. The first-order valence-corrected chi connectivity index (χ1v) is 7.69. The highest BCUT2D eigenvalue weighted by Crippen LogP contribution is 2.21. The summed E-state index contributed by atoms with van der Waals surface area (Å²) in [5.41, 5.74) is 0.0539. The molecule has 0 aromatic heterocycles. The zero-order chi connectivity index (χ0) is 14.3. The molecule has 4 nitrogen and oxygen atoms in total. The van der Waals surface area contributed by atoms with Gasteiger partial charge in [0.15, 0.2) is 5.96 Å². The van der Waals surface area contributed by atoms with Gasteiger partial charge in [-0.3, -0.25) is 4.99 Å². The van der Waals surface area contributed by atoms with Crippen molar-refractivity contribution in [3.63, 3.8) is 0 Å². The second-order valence-electron chi connectivity index (χ2n) is 6.55. The van der Waals surface area contributed by atoms with Crippen molar-refractivity contribution in [1.29, 1.82) is 0 Å². The minimum Gasteiger partial charge on any atom is -0.357 e. The van der Waals surface area contributed by atoms with Gasteiger partial charge in [0.05, 0.1) is 6.54 Å². The van der Waals surface area contributed by atoms with Gasteiger partial charge in [-0.2, -0.15) is 0 Å². The Hall–Kier alpha value is -0.770. The Kier molecular flexibility index (Phi) is 6.63. The van der Waals surface area contributed by atoms with E-state index < -0.39 is 0 Å². The molecule has 0 unspecified atom stereocenters. The third-order valence-electron chi connectivity index (χ3n) is 3.51. The number of likely N-dealkylation sites (N-methyl/N-ethyl adjacent to an activating group) is 1. The van der Waals surface area contributed by atoms with Crippen LogP contribution in [0.5, 0.6) is 0 Å². The van der Waals surface area contributed by atoms with Crippen LogP contribution in [-0.4, -0.2) is 49.1 Å². The number of nitrogens with one attached hydrogen (secondary N) is 2. The third kappa shape index (κ3) is 6.81. The van der Waals surface area contributed by atoms with E-state index in [1.165, 1.54) is 25.7 Å². The zero-order valence-corrected chi connectivity index (χ0v) is 13.4. The molecule has 0 bridgehead atoms. The van der Waals surface area contributed by atoms with E-state index in [-0.39, 0.29) is 5.54 Å². The number of hydrogen-bond donors (Lipinski definition) is 2. The van der Waals surface area contributed by atoms with Crippen LogP contribution in [0.3, 0.4) is 0 Å². The molecule has 0 amide bonds. The minimum atomic E-state index is 0.0539. The molecule has 1 fully saturated rings. The Bertz CT molecular complexity index is 274. The number of rotatable bonds is 5. The second kappa shape index (κ2) is 7.73. The zero-order valence-electron chi connectivity index (χ0n) is 13.4. The van der Waals surface area contributed by atoms with Gasteiger partial charge < -0.3 is 15.5 Å². The lowest BCUT2D eigenvalue weighted by Gasteiger charge is -2.25. The summed E-state index contributed by atoms with van der Waals surface area (Å²) in [5.74, 6) is 0.926. The number of aliphatic imine (C=N–C) groups is 1. The predicted molar refractivity (Wildman–Crippen MR) is 83.8 cm³/mol. The van der Waals surface area contributed by atoms with Crippen LogP contribution in [0.4, 0.5) is 0 Å². The molecule has 0 atom stereocenters. The molecule has 0 heterocycles. The van der Waals surface area contributed by atoms with Crippen molar-refractivity contribution in [2.75, 3.05) is 26.7 Å². The average molecular weight is 268 g/mol. The van der Waals surface area contributed by atoms with Crippen LogP contribution < -0.4 is 10.6 Å². The molecule has 4 heteroatoms. The maximum Gasteiger partial charge on any atom is 0.191 e. The molecule has 1 rings (SSSR count). The molecular formula is C15H32N4. The largest absolute Gasteiger partial charge is 0.357 e. The summed E-state index contributed by atoms with van der Waals surface area (Å²) >= 11 is 0. The van der Waals surface area contributed by atoms with E-state index >= 15 is 0 Å². The van der Waals surface area contributed by atoms with Crippen molar-refractivity contribution in [2.24, 2.45) is 4.99 Å². The molecule has 1 aliphatic rings. The van der Waals surface area contributed by atoms with Crippen molar-refractivity contribution in [3.8, 4) is 0 Å². The SMILES string of the molecule is CCNC(=NCCN(C)C1CCCC1)NC(C)(C)C. The van der Waals surface area contributed by atoms with Gasteiger partial charge in [0.25, 0.3) is 0 Å². The molecule has 19 heavy (non-hydrogen) atoms. The van der Waals surface area contributed by atoms with Gasteiger partial charge in [-0.25, -0.2) is 0 Å². The smallest absolute Gasteiger partial charge is 0.191 e. The molecule has 0 aromatic carbocycles. The molecule has 1 saturated carbocycles. The Morgan fingerprint density at radius 2 is 1.89 bits per heavy atom. The summed E-state index contributed by atoms with van der Waals surface area (Å²) < 4.78 is 0. The molecule has 0 saturated heterocycles. The maximum absolute atomic E-state index is 4.66. The highest BCUT2D eigenvalue weighted by atomic mass is 15.2. The van der Waals surface area contributed by atoms with Crippen LogP contribution in [0, 0.1) is 0 Å². The van der Waals surface area contributed by atoms with Crippen LogP contribution >= 0.6 is 0 Å². The molecule has 112 valence electrons. The lowest BCUT2D eigenvalue weighted by molar-refractivity contribution is 0.252. The van der Waals surface area contributed by atoms with E-state index in [9.17, 15) is 0 Å². The average Bonchev–Trinajstić information content (AvgIpc) is 2.80. The highest BCUT2D eigenvalue weighted by molar-refractivity contribution is 5.80. The first kappa shape index (κ1) is 16.3. The van der Waals surface area contributed by atoms with Crippen molar-refractivity contribution in [3.05, 3.63) is 0 Å². The van der Waals surface area contributed by atoms with E-state index in [2.05, 4.69) is 55.3 Å². The lowest BCUT2D eigenvalue weighted by atomic mass is 10.1. The van der Waals surface area contributed by atoms with Crippen LogP contribution in [0.25, 0.3) is 0 Å². The van der Waals surface area contributed by atoms with E-state index in [1.54, 1.807) is 0 Å². The Morgan fingerprint density at radius 3 is 2.42 bits per heavy atom. The van der Waals surface area contributed by atoms with E-state index in [1.807, 2.05) is 0 Å². The molecule has 1 aliphatic carbocycles. The van der Waals surface area contributed by atoms with Crippen LogP contribution in [0.1, 0.15) is 53.4 Å². The van der Waals surface area contributed by atoms with E-state index in [0.29, 0.717) is 0 Å². The van der Waals surface area contributed by atoms with Crippen molar-refractivity contribution in [1.82, 2.24) is 15.5 Å². The van der Waals surface area contributed by atoms with Crippen molar-refractivity contribution < 1.29 is 0 Å². The Balaban J connectivity index is 2.37. The van der Waals surface area contributed by atoms with Gasteiger partial charge in [-0.1, -0.05) is 12.8 Å². The van der Waals surface area contributed by atoms with Crippen molar-refractivity contribution in [2.45, 2.75) is 65.0 Å². The quantitative estimate of drug-likeness (QED) is 0.593. The third-order valence-corrected chi connectivity index (χ3v) is 3.51. The lowest BCUT2D eigenvalue weighted by Crippen LogP contribution is -2.47.